The van der Waals surface area contributed by atoms with Gasteiger partial charge in [-0.3, -0.25) is 14.4 Å². The molecule has 7 N–H and O–H groups in total. The highest BCUT2D eigenvalue weighted by atomic mass is 79.9. The van der Waals surface area contributed by atoms with Gasteiger partial charge >= 0.3 is 0 Å². The summed E-state index contributed by atoms with van der Waals surface area (Å²) in [7, 11) is 0. The number of anilines is 1. The summed E-state index contributed by atoms with van der Waals surface area (Å²) < 4.78 is 4.06. The lowest BCUT2D eigenvalue weighted by Gasteiger charge is -2.29. The summed E-state index contributed by atoms with van der Waals surface area (Å²) in [5.41, 5.74) is 19.6. The molecule has 4 aromatic rings. The Morgan fingerprint density at radius 2 is 1.31 bits per heavy atom. The minimum absolute atomic E-state index is 0.0496. The van der Waals surface area contributed by atoms with Gasteiger partial charge in [0.1, 0.15) is 5.76 Å². The van der Waals surface area contributed by atoms with Crippen LogP contribution in [-0.2, 0) is 28.7 Å². The first-order valence-electron chi connectivity index (χ1n) is 19.2. The number of halogens is 2. The fraction of sp³-hybridized carbons (Fsp3) is 0.261. The van der Waals surface area contributed by atoms with E-state index in [0.717, 1.165) is 54.0 Å². The van der Waals surface area contributed by atoms with Crippen molar-refractivity contribution < 1.29 is 24.1 Å². The molecule has 0 fully saturated rings. The van der Waals surface area contributed by atoms with Crippen molar-refractivity contribution in [3.05, 3.63) is 162 Å². The van der Waals surface area contributed by atoms with Crippen molar-refractivity contribution in [1.29, 1.82) is 0 Å². The quantitative estimate of drug-likeness (QED) is 0.0736. The summed E-state index contributed by atoms with van der Waals surface area (Å²) in [6.45, 7) is 11.0. The van der Waals surface area contributed by atoms with Crippen LogP contribution in [-0.4, -0.2) is 59.2 Å². The molecule has 0 unspecified atom stereocenters. The molecule has 7 rings (SSSR count). The Bertz CT molecular complexity index is 2460. The number of hydrogen-bond donors (Lipinski definition) is 5. The van der Waals surface area contributed by atoms with Crippen LogP contribution in [0.3, 0.4) is 0 Å². The van der Waals surface area contributed by atoms with Gasteiger partial charge in [0.2, 0.25) is 11.5 Å². The molecule has 3 aliphatic rings. The molecule has 0 aromatic heterocycles. The Labute approximate surface area is 355 Å². The number of benzene rings is 4. The highest BCUT2D eigenvalue weighted by Crippen LogP contribution is 2.51. The third kappa shape index (κ3) is 7.61. The van der Waals surface area contributed by atoms with Crippen LogP contribution in [0, 0.1) is 0 Å². The summed E-state index contributed by atoms with van der Waals surface area (Å²) in [6.07, 6.45) is 3.66. The van der Waals surface area contributed by atoms with E-state index >= 15 is 0 Å². The minimum atomic E-state index is -0.511. The van der Waals surface area contributed by atoms with Gasteiger partial charge < -0.3 is 32.1 Å². The number of hydrogen-bond acceptors (Lipinski definition) is 7. The third-order valence-corrected chi connectivity index (χ3v) is 12.2. The number of carbonyl (C=O) groups is 3. The highest BCUT2D eigenvalue weighted by Gasteiger charge is 2.47. The molecule has 298 valence electrons. The number of allylic oxidation sites excluding steroid dienone is 5. The number of ketones is 1. The topological polar surface area (TPSA) is 154 Å². The SMILES string of the molecule is CC1(C)C(/C=C2/C(=O)C(/C=C3\N(Cc4ccc(C(=O)NCCN)cc4)c4ccc(Br)cc4C3(C)C)=C2O)=[N+](Cc2ccc(C(=O)NCCN)cc2)c2ccc(Br)cc21. The van der Waals surface area contributed by atoms with Gasteiger partial charge in [-0.2, -0.15) is 4.58 Å². The van der Waals surface area contributed by atoms with Crippen molar-refractivity contribution in [2.75, 3.05) is 31.1 Å². The van der Waals surface area contributed by atoms with Gasteiger partial charge in [-0.1, -0.05) is 70.0 Å². The fourth-order valence-electron chi connectivity index (χ4n) is 8.00. The highest BCUT2D eigenvalue weighted by molar-refractivity contribution is 9.10. The summed E-state index contributed by atoms with van der Waals surface area (Å²) in [6, 6.07) is 27.3. The van der Waals surface area contributed by atoms with E-state index < -0.39 is 10.8 Å². The van der Waals surface area contributed by atoms with Crippen LogP contribution >= 0.6 is 31.9 Å². The molecule has 0 bridgehead atoms. The average molecular weight is 908 g/mol. The Hall–Kier alpha value is -5.14. The number of fused-ring (bicyclic) bond motifs is 2. The Morgan fingerprint density at radius 3 is 1.88 bits per heavy atom. The Morgan fingerprint density at radius 1 is 0.759 bits per heavy atom. The predicted molar refractivity (Wildman–Crippen MR) is 236 cm³/mol. The number of nitrogens with two attached hydrogens (primary N) is 2. The van der Waals surface area contributed by atoms with E-state index in [1.54, 1.807) is 24.3 Å². The van der Waals surface area contributed by atoms with Crippen molar-refractivity contribution in [3.8, 4) is 0 Å². The second-order valence-corrected chi connectivity index (χ2v) is 17.6. The normalized spacial score (nSPS) is 17.8. The molecule has 2 heterocycles. The summed E-state index contributed by atoms with van der Waals surface area (Å²) >= 11 is 7.30. The standard InChI is InChI=1S/C46H46Br2N6O4/c1-45(2)35-21-31(47)13-15-37(35)53(25-27-5-9-29(10-6-27)43(57)51-19-17-49)39(45)23-33-41(55)34(42(33)56)24-40-46(3,4)36-22-32(48)14-16-38(36)54(40)26-28-7-11-30(12-8-28)44(58)52-20-18-50/h5-16,21-24H,17-20,25-26,49-50H2,1-4H3,(H2-,51,52,55,56,57,58)/p+1. The maximum atomic E-state index is 14.2. The van der Waals surface area contributed by atoms with Crippen molar-refractivity contribution in [3.63, 3.8) is 0 Å². The molecule has 0 saturated heterocycles. The van der Waals surface area contributed by atoms with Gasteiger partial charge in [0.25, 0.3) is 11.8 Å². The van der Waals surface area contributed by atoms with Crippen LogP contribution < -0.4 is 27.0 Å². The number of nitrogens with one attached hydrogen (secondary N) is 2. The van der Waals surface area contributed by atoms with Gasteiger partial charge in [0.05, 0.1) is 16.6 Å². The van der Waals surface area contributed by atoms with E-state index in [0.29, 0.717) is 50.4 Å². The fourth-order valence-corrected chi connectivity index (χ4v) is 8.73. The second-order valence-electron chi connectivity index (χ2n) is 15.8. The first-order chi connectivity index (χ1) is 27.6. The zero-order valence-electron chi connectivity index (χ0n) is 33.0. The first-order valence-corrected chi connectivity index (χ1v) is 20.8. The summed E-state index contributed by atoms with van der Waals surface area (Å²) in [5, 5.41) is 17.4. The summed E-state index contributed by atoms with van der Waals surface area (Å²) in [4.78, 5) is 41.5. The number of nitrogens with zero attached hydrogens (tertiary/aromatic N) is 2. The first kappa shape index (κ1) is 41.0. The molecule has 12 heteroatoms. The molecule has 0 atom stereocenters. The predicted octanol–water partition coefficient (Wildman–Crippen LogP) is 7.37. The van der Waals surface area contributed by atoms with Crippen LogP contribution in [0.15, 0.2) is 129 Å². The lowest BCUT2D eigenvalue weighted by molar-refractivity contribution is -0.455. The summed E-state index contributed by atoms with van der Waals surface area (Å²) in [5.74, 6) is -0.643. The van der Waals surface area contributed by atoms with E-state index in [4.69, 9.17) is 11.5 Å². The van der Waals surface area contributed by atoms with Gasteiger partial charge in [-0.05, 0) is 85.6 Å². The zero-order chi connectivity index (χ0) is 41.5. The second kappa shape index (κ2) is 16.2. The van der Waals surface area contributed by atoms with Crippen LogP contribution in [0.25, 0.3) is 0 Å². The van der Waals surface area contributed by atoms with E-state index in [-0.39, 0.29) is 34.5 Å². The average Bonchev–Trinajstić information content (AvgIpc) is 3.53. The molecule has 10 nitrogen and oxygen atoms in total. The van der Waals surface area contributed by atoms with Crippen molar-refractivity contribution in [2.45, 2.75) is 51.6 Å². The monoisotopic (exact) mass is 905 g/mol. The van der Waals surface area contributed by atoms with Gasteiger partial charge in [-0.15, -0.1) is 0 Å². The number of carbonyl (C=O) groups excluding carboxylic acids is 3. The maximum absolute atomic E-state index is 14.2. The molecule has 4 aromatic carbocycles. The molecule has 0 spiro atoms. The van der Waals surface area contributed by atoms with Crippen LogP contribution in [0.4, 0.5) is 11.4 Å². The lowest BCUT2D eigenvalue weighted by Crippen LogP contribution is -2.32. The van der Waals surface area contributed by atoms with Crippen LogP contribution in [0.5, 0.6) is 0 Å². The van der Waals surface area contributed by atoms with Crippen molar-refractivity contribution >= 4 is 66.5 Å². The number of Topliss-reactive ketones (excluding diaryl/α,β-unsaturated/α-hetero) is 1. The number of aliphatic hydroxyl groups excluding tert-OH is 1. The molecular weight excluding hydrogens is 860 g/mol. The van der Waals surface area contributed by atoms with Gasteiger partial charge in [0, 0.05) is 92.9 Å². The number of rotatable bonds is 12. The van der Waals surface area contributed by atoms with E-state index in [2.05, 4.69) is 104 Å². The third-order valence-electron chi connectivity index (χ3n) is 11.2. The van der Waals surface area contributed by atoms with Crippen LogP contribution in [0.2, 0.25) is 0 Å². The molecule has 1 aliphatic carbocycles. The Balaban J connectivity index is 1.25. The molecule has 58 heavy (non-hydrogen) atoms. The molecule has 0 radical (unpaired) electrons. The largest absolute Gasteiger partial charge is 0.506 e. The van der Waals surface area contributed by atoms with Crippen molar-refractivity contribution in [1.82, 2.24) is 10.6 Å². The molecule has 2 amide bonds. The minimum Gasteiger partial charge on any atom is -0.506 e. The van der Waals surface area contributed by atoms with Gasteiger partial charge in [-0.25, -0.2) is 0 Å². The zero-order valence-corrected chi connectivity index (χ0v) is 36.1. The van der Waals surface area contributed by atoms with E-state index in [1.165, 1.54) is 0 Å². The van der Waals surface area contributed by atoms with E-state index in [1.807, 2.05) is 48.6 Å². The van der Waals surface area contributed by atoms with Crippen molar-refractivity contribution in [2.24, 2.45) is 11.5 Å². The number of amides is 2. The molecule has 2 aliphatic heterocycles. The number of aliphatic hydroxyl groups is 1. The van der Waals surface area contributed by atoms with Crippen LogP contribution in [0.1, 0.15) is 70.7 Å². The van der Waals surface area contributed by atoms with Gasteiger partial charge in [0.15, 0.2) is 12.3 Å². The maximum Gasteiger partial charge on any atom is 0.251 e. The molecular formula is C46H47Br2N6O4+. The van der Waals surface area contributed by atoms with E-state index in [9.17, 15) is 19.5 Å². The lowest BCUT2D eigenvalue weighted by atomic mass is 9.77. The smallest absolute Gasteiger partial charge is 0.251 e. The molecule has 0 saturated carbocycles. The Kier molecular flexibility index (Phi) is 11.5.